The molecule has 0 aliphatic heterocycles. The number of primary amides is 1. The van der Waals surface area contributed by atoms with E-state index in [1.165, 1.54) is 22.3 Å². The standard InChI is InChI=1S/C30H21N3OS2/c31-20-22(30(32)34)19-26-15-16-28(35-26)29-18-17-27(36-29)21-11-13-25(14-12-21)33(23-7-3-1-4-8-23)24-9-5-2-6-10-24/h1-19H,(H2,32,34)/b22-19+. The Labute approximate surface area is 217 Å². The van der Waals surface area contributed by atoms with Crippen molar-refractivity contribution >= 4 is 51.7 Å². The fourth-order valence-electron chi connectivity index (χ4n) is 3.87. The van der Waals surface area contributed by atoms with E-state index in [1.807, 2.05) is 54.6 Å². The van der Waals surface area contributed by atoms with E-state index >= 15 is 0 Å². The van der Waals surface area contributed by atoms with Gasteiger partial charge < -0.3 is 10.6 Å². The van der Waals surface area contributed by atoms with Crippen LogP contribution in [0.5, 0.6) is 0 Å². The van der Waals surface area contributed by atoms with Crippen LogP contribution in [0, 0.1) is 11.3 Å². The van der Waals surface area contributed by atoms with Gasteiger partial charge in [0.1, 0.15) is 11.6 Å². The lowest BCUT2D eigenvalue weighted by Crippen LogP contribution is -2.12. The van der Waals surface area contributed by atoms with E-state index in [1.54, 1.807) is 11.3 Å². The summed E-state index contributed by atoms with van der Waals surface area (Å²) < 4.78 is 0. The Hall–Kier alpha value is -4.44. The van der Waals surface area contributed by atoms with Crippen LogP contribution in [-0.4, -0.2) is 5.91 Å². The number of anilines is 3. The quantitative estimate of drug-likeness (QED) is 0.181. The number of nitriles is 1. The minimum Gasteiger partial charge on any atom is -0.365 e. The molecule has 1 amide bonds. The maximum absolute atomic E-state index is 11.3. The summed E-state index contributed by atoms with van der Waals surface area (Å²) in [5.41, 5.74) is 9.65. The molecule has 0 saturated heterocycles. The van der Waals surface area contributed by atoms with Gasteiger partial charge in [-0.25, -0.2) is 0 Å². The van der Waals surface area contributed by atoms with Crippen molar-refractivity contribution in [3.8, 4) is 26.3 Å². The van der Waals surface area contributed by atoms with Gasteiger partial charge in [-0.15, -0.1) is 22.7 Å². The first-order valence-corrected chi connectivity index (χ1v) is 12.9. The number of rotatable bonds is 7. The van der Waals surface area contributed by atoms with E-state index in [-0.39, 0.29) is 5.57 Å². The number of nitrogens with two attached hydrogens (primary N) is 1. The molecule has 4 nitrogen and oxygen atoms in total. The normalized spacial score (nSPS) is 11.1. The molecule has 5 rings (SSSR count). The number of carbonyl (C=O) groups is 1. The number of thiophene rings is 2. The summed E-state index contributed by atoms with van der Waals surface area (Å²) in [6.45, 7) is 0. The minimum absolute atomic E-state index is 0.0459. The summed E-state index contributed by atoms with van der Waals surface area (Å²) >= 11 is 3.24. The zero-order valence-electron chi connectivity index (χ0n) is 19.2. The summed E-state index contributed by atoms with van der Waals surface area (Å²) in [5.74, 6) is -0.715. The highest BCUT2D eigenvalue weighted by atomic mass is 32.1. The summed E-state index contributed by atoms with van der Waals surface area (Å²) in [6, 6.07) is 39.3. The van der Waals surface area contributed by atoms with Gasteiger partial charge in [-0.05, 0) is 72.3 Å². The molecule has 0 spiro atoms. The van der Waals surface area contributed by atoms with Crippen LogP contribution in [0.2, 0.25) is 0 Å². The highest BCUT2D eigenvalue weighted by Gasteiger charge is 2.13. The molecular weight excluding hydrogens is 482 g/mol. The van der Waals surface area contributed by atoms with E-state index in [4.69, 9.17) is 11.0 Å². The molecule has 0 bridgehead atoms. The van der Waals surface area contributed by atoms with Crippen molar-refractivity contribution in [2.45, 2.75) is 0 Å². The summed E-state index contributed by atoms with van der Waals surface area (Å²) in [4.78, 5) is 17.8. The lowest BCUT2D eigenvalue weighted by Gasteiger charge is -2.25. The van der Waals surface area contributed by atoms with Gasteiger partial charge in [-0.2, -0.15) is 5.26 Å². The third-order valence-corrected chi connectivity index (χ3v) is 7.95. The van der Waals surface area contributed by atoms with Crippen LogP contribution in [0.3, 0.4) is 0 Å². The topological polar surface area (TPSA) is 70.1 Å². The molecule has 2 N–H and O–H groups in total. The number of para-hydroxylation sites is 2. The average molecular weight is 504 g/mol. The van der Waals surface area contributed by atoms with Gasteiger partial charge in [-0.3, -0.25) is 4.79 Å². The van der Waals surface area contributed by atoms with Crippen molar-refractivity contribution in [1.82, 2.24) is 0 Å². The predicted octanol–water partition coefficient (Wildman–Crippen LogP) is 8.01. The largest absolute Gasteiger partial charge is 0.365 e. The third kappa shape index (κ3) is 4.98. The zero-order chi connectivity index (χ0) is 24.9. The summed E-state index contributed by atoms with van der Waals surface area (Å²) in [6.07, 6.45) is 1.54. The van der Waals surface area contributed by atoms with Crippen LogP contribution in [0.4, 0.5) is 17.1 Å². The van der Waals surface area contributed by atoms with Crippen molar-refractivity contribution in [2.75, 3.05) is 4.90 Å². The molecule has 174 valence electrons. The molecule has 0 saturated carbocycles. The maximum atomic E-state index is 11.3. The van der Waals surface area contributed by atoms with Crippen LogP contribution in [0.25, 0.3) is 26.3 Å². The zero-order valence-corrected chi connectivity index (χ0v) is 20.8. The molecule has 3 aromatic carbocycles. The smallest absolute Gasteiger partial charge is 0.259 e. The van der Waals surface area contributed by atoms with E-state index < -0.39 is 5.91 Å². The number of nitrogens with zero attached hydrogens (tertiary/aromatic N) is 2. The Morgan fingerprint density at radius 2 is 1.22 bits per heavy atom. The molecule has 5 aromatic rings. The van der Waals surface area contributed by atoms with Crippen molar-refractivity contribution in [1.29, 1.82) is 5.26 Å². The summed E-state index contributed by atoms with van der Waals surface area (Å²) in [7, 11) is 0. The highest BCUT2D eigenvalue weighted by molar-refractivity contribution is 7.24. The summed E-state index contributed by atoms with van der Waals surface area (Å²) in [5, 5.41) is 9.08. The molecule has 36 heavy (non-hydrogen) atoms. The number of benzene rings is 3. The lowest BCUT2D eigenvalue weighted by atomic mass is 10.1. The van der Waals surface area contributed by atoms with Crippen molar-refractivity contribution < 1.29 is 4.79 Å². The van der Waals surface area contributed by atoms with Crippen molar-refractivity contribution in [3.05, 3.63) is 120 Å². The number of carbonyl (C=O) groups excluding carboxylic acids is 1. The van der Waals surface area contributed by atoms with Gasteiger partial charge >= 0.3 is 0 Å². The van der Waals surface area contributed by atoms with Crippen LogP contribution in [0.1, 0.15) is 4.88 Å². The fraction of sp³-hybridized carbons (Fsp3) is 0. The third-order valence-electron chi connectivity index (χ3n) is 5.59. The number of hydrogen-bond donors (Lipinski definition) is 1. The van der Waals surface area contributed by atoms with E-state index in [0.717, 1.165) is 37.3 Å². The lowest BCUT2D eigenvalue weighted by molar-refractivity contribution is -0.114. The van der Waals surface area contributed by atoms with Gasteiger partial charge in [0, 0.05) is 36.6 Å². The van der Waals surface area contributed by atoms with E-state index in [9.17, 15) is 4.79 Å². The van der Waals surface area contributed by atoms with Crippen LogP contribution in [-0.2, 0) is 4.79 Å². The molecule has 6 heteroatoms. The average Bonchev–Trinajstić information content (AvgIpc) is 3.59. The van der Waals surface area contributed by atoms with Crippen molar-refractivity contribution in [2.24, 2.45) is 5.73 Å². The number of hydrogen-bond acceptors (Lipinski definition) is 5. The second-order valence-electron chi connectivity index (χ2n) is 7.95. The molecule has 0 radical (unpaired) electrons. The molecule has 0 atom stereocenters. The molecule has 0 aliphatic carbocycles. The molecule has 2 aromatic heterocycles. The molecule has 0 fully saturated rings. The molecule has 0 aliphatic rings. The van der Waals surface area contributed by atoms with Crippen LogP contribution in [0.15, 0.2) is 115 Å². The molecule has 2 heterocycles. The van der Waals surface area contributed by atoms with Crippen molar-refractivity contribution in [3.63, 3.8) is 0 Å². The van der Waals surface area contributed by atoms with Crippen LogP contribution < -0.4 is 10.6 Å². The number of amides is 1. The monoisotopic (exact) mass is 503 g/mol. The first-order chi connectivity index (χ1) is 17.6. The fourth-order valence-corrected chi connectivity index (χ4v) is 5.92. The predicted molar refractivity (Wildman–Crippen MR) is 151 cm³/mol. The van der Waals surface area contributed by atoms with E-state index in [2.05, 4.69) is 65.6 Å². The second-order valence-corrected chi connectivity index (χ2v) is 10.2. The Bertz CT molecular complexity index is 1520. The second kappa shape index (κ2) is 10.4. The van der Waals surface area contributed by atoms with Gasteiger partial charge in [-0.1, -0.05) is 48.5 Å². The Morgan fingerprint density at radius 3 is 1.81 bits per heavy atom. The molecule has 0 unspecified atom stereocenters. The van der Waals surface area contributed by atoms with E-state index in [0.29, 0.717) is 0 Å². The van der Waals surface area contributed by atoms with Gasteiger partial charge in [0.25, 0.3) is 5.91 Å². The molecular formula is C30H21N3OS2. The Morgan fingerprint density at radius 1 is 0.694 bits per heavy atom. The maximum Gasteiger partial charge on any atom is 0.259 e. The highest BCUT2D eigenvalue weighted by Crippen LogP contribution is 2.40. The Kier molecular flexibility index (Phi) is 6.76. The van der Waals surface area contributed by atoms with Gasteiger partial charge in [0.2, 0.25) is 0 Å². The van der Waals surface area contributed by atoms with Crippen LogP contribution >= 0.6 is 22.7 Å². The SMILES string of the molecule is N#C/C(=C\c1ccc(-c2ccc(-c3ccc(N(c4ccccc4)c4ccccc4)cc3)s2)s1)C(N)=O. The first-order valence-electron chi connectivity index (χ1n) is 11.2. The Balaban J connectivity index is 1.41. The van der Waals surface area contributed by atoms with Gasteiger partial charge in [0.05, 0.1) is 0 Å². The van der Waals surface area contributed by atoms with Gasteiger partial charge in [0.15, 0.2) is 0 Å². The minimum atomic E-state index is -0.715. The first kappa shape index (κ1) is 23.3.